The summed E-state index contributed by atoms with van der Waals surface area (Å²) in [5.74, 6) is 0.902. The lowest BCUT2D eigenvalue weighted by Crippen LogP contribution is -1.85. The quantitative estimate of drug-likeness (QED) is 0.870. The molecule has 0 saturated carbocycles. The van der Waals surface area contributed by atoms with E-state index in [0.717, 1.165) is 16.7 Å². The van der Waals surface area contributed by atoms with E-state index in [9.17, 15) is 5.11 Å². The molecule has 0 fully saturated rings. The summed E-state index contributed by atoms with van der Waals surface area (Å²) in [5.41, 5.74) is 2.90. The van der Waals surface area contributed by atoms with Gasteiger partial charge < -0.3 is 9.84 Å². The third kappa shape index (κ3) is 2.53. The molecule has 1 N–H and O–H groups in total. The fourth-order valence-electron chi connectivity index (χ4n) is 1.78. The molecule has 88 valence electrons. The van der Waals surface area contributed by atoms with E-state index in [1.807, 2.05) is 31.2 Å². The highest BCUT2D eigenvalue weighted by Crippen LogP contribution is 2.31. The highest BCUT2D eigenvalue weighted by molar-refractivity contribution is 6.32. The van der Waals surface area contributed by atoms with Crippen molar-refractivity contribution in [2.24, 2.45) is 0 Å². The van der Waals surface area contributed by atoms with Gasteiger partial charge in [-0.05, 0) is 47.9 Å². The van der Waals surface area contributed by atoms with Crippen molar-refractivity contribution in [3.8, 4) is 22.6 Å². The predicted molar refractivity (Wildman–Crippen MR) is 69.8 cm³/mol. The van der Waals surface area contributed by atoms with Gasteiger partial charge in [0, 0.05) is 0 Å². The number of aryl methyl sites for hydroxylation is 1. The van der Waals surface area contributed by atoms with Crippen LogP contribution in [0.1, 0.15) is 5.56 Å². The number of ether oxygens (including phenoxy) is 1. The van der Waals surface area contributed by atoms with E-state index in [2.05, 4.69) is 0 Å². The maximum atomic E-state index is 9.57. The molecular weight excluding hydrogens is 236 g/mol. The van der Waals surface area contributed by atoms with Crippen LogP contribution in [0, 0.1) is 6.92 Å². The van der Waals surface area contributed by atoms with Gasteiger partial charge in [0.2, 0.25) is 0 Å². The van der Waals surface area contributed by atoms with Gasteiger partial charge in [-0.25, -0.2) is 0 Å². The van der Waals surface area contributed by atoms with Crippen LogP contribution in [0.25, 0.3) is 11.1 Å². The summed E-state index contributed by atoms with van der Waals surface area (Å²) >= 11 is 6.07. The van der Waals surface area contributed by atoms with Gasteiger partial charge in [0.1, 0.15) is 11.5 Å². The smallest absolute Gasteiger partial charge is 0.137 e. The molecule has 0 aliphatic rings. The molecule has 2 aromatic carbocycles. The van der Waals surface area contributed by atoms with Crippen LogP contribution in [0.5, 0.6) is 11.5 Å². The largest absolute Gasteiger partial charge is 0.508 e. The summed E-state index contributed by atoms with van der Waals surface area (Å²) in [7, 11) is 1.58. The molecule has 0 atom stereocenters. The van der Waals surface area contributed by atoms with E-state index in [0.29, 0.717) is 10.8 Å². The molecule has 2 aromatic rings. The first kappa shape index (κ1) is 11.8. The summed E-state index contributed by atoms with van der Waals surface area (Å²) in [6.07, 6.45) is 0. The number of hydrogen-bond donors (Lipinski definition) is 1. The minimum atomic E-state index is 0.256. The standard InChI is InChI=1S/C14H13ClO2/c1-9-5-11(7-12(16)6-9)10-3-4-14(17-2)13(15)8-10/h3-8,16H,1-2H3. The van der Waals surface area contributed by atoms with Crippen molar-refractivity contribution in [3.63, 3.8) is 0 Å². The Bertz CT molecular complexity index is 530. The Balaban J connectivity index is 2.49. The highest BCUT2D eigenvalue weighted by Gasteiger charge is 2.05. The second-order valence-electron chi connectivity index (χ2n) is 3.91. The van der Waals surface area contributed by atoms with Crippen LogP contribution in [-0.2, 0) is 0 Å². The summed E-state index contributed by atoms with van der Waals surface area (Å²) < 4.78 is 5.10. The number of phenols is 1. The molecule has 2 nitrogen and oxygen atoms in total. The Hall–Kier alpha value is -1.67. The molecule has 0 saturated heterocycles. The molecule has 0 bridgehead atoms. The van der Waals surface area contributed by atoms with Gasteiger partial charge in [-0.1, -0.05) is 23.7 Å². The molecule has 0 unspecified atom stereocenters. The number of halogens is 1. The molecule has 3 heteroatoms. The summed E-state index contributed by atoms with van der Waals surface area (Å²) in [6, 6.07) is 11.0. The second kappa shape index (κ2) is 4.68. The van der Waals surface area contributed by atoms with E-state index >= 15 is 0 Å². The predicted octanol–water partition coefficient (Wildman–Crippen LogP) is 4.03. The zero-order chi connectivity index (χ0) is 12.4. The van der Waals surface area contributed by atoms with Gasteiger partial charge in [-0.2, -0.15) is 0 Å². The van der Waals surface area contributed by atoms with E-state index in [1.54, 1.807) is 19.2 Å². The molecule has 0 aliphatic carbocycles. The molecule has 0 aliphatic heterocycles. The number of methoxy groups -OCH3 is 1. The third-order valence-electron chi connectivity index (χ3n) is 2.55. The second-order valence-corrected chi connectivity index (χ2v) is 4.31. The number of hydrogen-bond acceptors (Lipinski definition) is 2. The molecule has 0 heterocycles. The zero-order valence-electron chi connectivity index (χ0n) is 9.70. The lowest BCUT2D eigenvalue weighted by Gasteiger charge is -2.07. The van der Waals surface area contributed by atoms with Gasteiger partial charge >= 0.3 is 0 Å². The molecule has 0 amide bonds. The first-order valence-electron chi connectivity index (χ1n) is 5.25. The van der Waals surface area contributed by atoms with Crippen molar-refractivity contribution < 1.29 is 9.84 Å². The summed E-state index contributed by atoms with van der Waals surface area (Å²) in [5, 5.41) is 10.1. The number of phenolic OH excluding ortho intramolecular Hbond substituents is 1. The Kier molecular flexibility index (Phi) is 3.25. The van der Waals surface area contributed by atoms with Crippen LogP contribution in [0.4, 0.5) is 0 Å². The Morgan fingerprint density at radius 2 is 1.82 bits per heavy atom. The van der Waals surface area contributed by atoms with Gasteiger partial charge in [-0.15, -0.1) is 0 Å². The van der Waals surface area contributed by atoms with Gasteiger partial charge in [-0.3, -0.25) is 0 Å². The van der Waals surface area contributed by atoms with Gasteiger partial charge in [0.15, 0.2) is 0 Å². The number of benzene rings is 2. The summed E-state index contributed by atoms with van der Waals surface area (Å²) in [4.78, 5) is 0. The normalized spacial score (nSPS) is 10.3. The lowest BCUT2D eigenvalue weighted by atomic mass is 10.0. The van der Waals surface area contributed by atoms with E-state index in [1.165, 1.54) is 0 Å². The SMILES string of the molecule is COc1ccc(-c2cc(C)cc(O)c2)cc1Cl. The van der Waals surface area contributed by atoms with E-state index in [-0.39, 0.29) is 5.75 Å². The van der Waals surface area contributed by atoms with Crippen molar-refractivity contribution in [2.45, 2.75) is 6.92 Å². The van der Waals surface area contributed by atoms with Crippen LogP contribution in [0.2, 0.25) is 5.02 Å². The molecule has 0 radical (unpaired) electrons. The van der Waals surface area contributed by atoms with Crippen LogP contribution < -0.4 is 4.74 Å². The number of rotatable bonds is 2. The van der Waals surface area contributed by atoms with E-state index in [4.69, 9.17) is 16.3 Å². The Morgan fingerprint density at radius 3 is 2.41 bits per heavy atom. The fourth-order valence-corrected chi connectivity index (χ4v) is 2.03. The van der Waals surface area contributed by atoms with Crippen molar-refractivity contribution in [1.29, 1.82) is 0 Å². The Morgan fingerprint density at radius 1 is 1.06 bits per heavy atom. The van der Waals surface area contributed by atoms with Gasteiger partial charge in [0.25, 0.3) is 0 Å². The first-order chi connectivity index (χ1) is 8.10. The van der Waals surface area contributed by atoms with Crippen molar-refractivity contribution in [1.82, 2.24) is 0 Å². The summed E-state index contributed by atoms with van der Waals surface area (Å²) in [6.45, 7) is 1.94. The zero-order valence-corrected chi connectivity index (χ0v) is 10.5. The molecule has 0 spiro atoms. The molecule has 17 heavy (non-hydrogen) atoms. The maximum Gasteiger partial charge on any atom is 0.137 e. The molecular formula is C14H13ClO2. The minimum Gasteiger partial charge on any atom is -0.508 e. The third-order valence-corrected chi connectivity index (χ3v) is 2.84. The first-order valence-corrected chi connectivity index (χ1v) is 5.62. The average Bonchev–Trinajstić information content (AvgIpc) is 2.27. The van der Waals surface area contributed by atoms with Crippen molar-refractivity contribution >= 4 is 11.6 Å². The Labute approximate surface area is 105 Å². The molecule has 0 aromatic heterocycles. The van der Waals surface area contributed by atoms with Crippen LogP contribution in [0.15, 0.2) is 36.4 Å². The van der Waals surface area contributed by atoms with Crippen LogP contribution >= 0.6 is 11.6 Å². The van der Waals surface area contributed by atoms with E-state index < -0.39 is 0 Å². The topological polar surface area (TPSA) is 29.5 Å². The molecule has 2 rings (SSSR count). The average molecular weight is 249 g/mol. The van der Waals surface area contributed by atoms with Crippen LogP contribution in [0.3, 0.4) is 0 Å². The lowest BCUT2D eigenvalue weighted by molar-refractivity contribution is 0.415. The minimum absolute atomic E-state index is 0.256. The van der Waals surface area contributed by atoms with Crippen molar-refractivity contribution in [3.05, 3.63) is 47.0 Å². The van der Waals surface area contributed by atoms with Crippen molar-refractivity contribution in [2.75, 3.05) is 7.11 Å². The monoisotopic (exact) mass is 248 g/mol. The highest BCUT2D eigenvalue weighted by atomic mass is 35.5. The van der Waals surface area contributed by atoms with Gasteiger partial charge in [0.05, 0.1) is 12.1 Å². The number of aromatic hydroxyl groups is 1. The van der Waals surface area contributed by atoms with Crippen LogP contribution in [-0.4, -0.2) is 12.2 Å². The fraction of sp³-hybridized carbons (Fsp3) is 0.143. The maximum absolute atomic E-state index is 9.57.